The van der Waals surface area contributed by atoms with E-state index in [0.29, 0.717) is 4.99 Å². The van der Waals surface area contributed by atoms with E-state index in [1.165, 1.54) is 5.56 Å². The fourth-order valence-corrected chi connectivity index (χ4v) is 1.79. The highest BCUT2D eigenvalue weighted by molar-refractivity contribution is 7.99. The van der Waals surface area contributed by atoms with Gasteiger partial charge in [-0.1, -0.05) is 18.3 Å². The van der Waals surface area contributed by atoms with Crippen molar-refractivity contribution in [3.63, 3.8) is 0 Å². The van der Waals surface area contributed by atoms with Gasteiger partial charge < -0.3 is 11.1 Å². The van der Waals surface area contributed by atoms with Gasteiger partial charge in [-0.2, -0.15) is 11.8 Å². The van der Waals surface area contributed by atoms with Gasteiger partial charge in [0.15, 0.2) is 0 Å². The van der Waals surface area contributed by atoms with Crippen molar-refractivity contribution in [2.45, 2.75) is 25.5 Å². The third-order valence-electron chi connectivity index (χ3n) is 2.70. The van der Waals surface area contributed by atoms with Crippen LogP contribution in [0.1, 0.15) is 25.0 Å². The first-order chi connectivity index (χ1) is 7.85. The molecule has 4 heteroatoms. The number of thioether (sulfide) groups is 1. The predicted octanol–water partition coefficient (Wildman–Crippen LogP) is 3.18. The van der Waals surface area contributed by atoms with Crippen LogP contribution in [-0.2, 0) is 0 Å². The zero-order chi connectivity index (χ0) is 13.1. The lowest BCUT2D eigenvalue weighted by molar-refractivity contribution is 0.752. The van der Waals surface area contributed by atoms with E-state index in [0.717, 1.165) is 17.8 Å². The molecule has 0 atom stereocenters. The van der Waals surface area contributed by atoms with Crippen molar-refractivity contribution < 1.29 is 0 Å². The maximum atomic E-state index is 5.72. The maximum absolute atomic E-state index is 5.72. The molecule has 0 amide bonds. The number of nitrogens with two attached hydrogens (primary N) is 1. The Balaban J connectivity index is 2.89. The summed E-state index contributed by atoms with van der Waals surface area (Å²) < 4.78 is 0.192. The summed E-state index contributed by atoms with van der Waals surface area (Å²) >= 11 is 6.90. The molecule has 0 aromatic heterocycles. The van der Waals surface area contributed by atoms with Crippen LogP contribution in [-0.4, -0.2) is 22.5 Å². The van der Waals surface area contributed by atoms with Gasteiger partial charge >= 0.3 is 0 Å². The minimum atomic E-state index is 0.192. The summed E-state index contributed by atoms with van der Waals surface area (Å²) in [7, 11) is 0. The molecule has 1 aromatic rings. The van der Waals surface area contributed by atoms with E-state index in [9.17, 15) is 0 Å². The molecule has 0 aliphatic carbocycles. The smallest absolute Gasteiger partial charge is 0.106 e. The van der Waals surface area contributed by atoms with Crippen LogP contribution >= 0.6 is 24.0 Å². The lowest BCUT2D eigenvalue weighted by atomic mass is 10.1. The Labute approximate surface area is 113 Å². The van der Waals surface area contributed by atoms with Crippen molar-refractivity contribution in [3.8, 4) is 0 Å². The molecule has 0 saturated heterocycles. The maximum Gasteiger partial charge on any atom is 0.106 e. The molecule has 0 aliphatic heterocycles. The second kappa shape index (κ2) is 5.74. The Morgan fingerprint density at radius 3 is 2.65 bits per heavy atom. The summed E-state index contributed by atoms with van der Waals surface area (Å²) in [5, 5.41) is 3.44. The van der Waals surface area contributed by atoms with Crippen LogP contribution in [0.15, 0.2) is 18.2 Å². The van der Waals surface area contributed by atoms with E-state index in [2.05, 4.69) is 38.4 Å². The standard InChI is InChI=1S/C13H20N2S2/c1-9-5-6-10(12(14)16)11(7-9)15-8-13(2,3)17-4/h5-7,15H,8H2,1-4H3,(H2,14,16). The van der Waals surface area contributed by atoms with Gasteiger partial charge in [0.05, 0.1) is 0 Å². The van der Waals surface area contributed by atoms with Crippen LogP contribution in [0.3, 0.4) is 0 Å². The third-order valence-corrected chi connectivity index (χ3v) is 4.17. The lowest BCUT2D eigenvalue weighted by Crippen LogP contribution is -2.27. The van der Waals surface area contributed by atoms with Crippen LogP contribution in [0, 0.1) is 6.92 Å². The minimum Gasteiger partial charge on any atom is -0.389 e. The minimum absolute atomic E-state index is 0.192. The Hall–Kier alpha value is -0.740. The molecule has 3 N–H and O–H groups in total. The topological polar surface area (TPSA) is 38.0 Å². The highest BCUT2D eigenvalue weighted by atomic mass is 32.2. The zero-order valence-corrected chi connectivity index (χ0v) is 12.5. The van der Waals surface area contributed by atoms with E-state index >= 15 is 0 Å². The second-order valence-corrected chi connectivity index (χ2v) is 6.68. The number of hydrogen-bond donors (Lipinski definition) is 2. The van der Waals surface area contributed by atoms with Crippen LogP contribution in [0.25, 0.3) is 0 Å². The molecule has 0 fully saturated rings. The van der Waals surface area contributed by atoms with Crippen LogP contribution < -0.4 is 11.1 Å². The molecule has 2 nitrogen and oxygen atoms in total. The van der Waals surface area contributed by atoms with Crippen molar-refractivity contribution in [3.05, 3.63) is 29.3 Å². The van der Waals surface area contributed by atoms with Gasteiger partial charge in [-0.05, 0) is 44.7 Å². The van der Waals surface area contributed by atoms with E-state index in [1.807, 2.05) is 23.9 Å². The van der Waals surface area contributed by atoms with Gasteiger partial charge in [0, 0.05) is 22.5 Å². The Kier molecular flexibility index (Phi) is 4.83. The molecule has 0 radical (unpaired) electrons. The molecular weight excluding hydrogens is 248 g/mol. The number of nitrogens with one attached hydrogen (secondary N) is 1. The monoisotopic (exact) mass is 268 g/mol. The van der Waals surface area contributed by atoms with Crippen molar-refractivity contribution >= 4 is 34.7 Å². The van der Waals surface area contributed by atoms with Crippen LogP contribution in [0.5, 0.6) is 0 Å². The number of aryl methyl sites for hydroxylation is 1. The van der Waals surface area contributed by atoms with Gasteiger partial charge in [-0.25, -0.2) is 0 Å². The molecule has 0 saturated carbocycles. The average Bonchev–Trinajstić information content (AvgIpc) is 2.26. The first kappa shape index (κ1) is 14.3. The van der Waals surface area contributed by atoms with Crippen molar-refractivity contribution in [1.82, 2.24) is 0 Å². The van der Waals surface area contributed by atoms with Crippen LogP contribution in [0.2, 0.25) is 0 Å². The summed E-state index contributed by atoms with van der Waals surface area (Å²) in [6.45, 7) is 7.36. The molecule has 94 valence electrons. The Morgan fingerprint density at radius 2 is 2.12 bits per heavy atom. The molecule has 1 aromatic carbocycles. The first-order valence-electron chi connectivity index (χ1n) is 5.55. The van der Waals surface area contributed by atoms with E-state index in [1.54, 1.807) is 0 Å². The van der Waals surface area contributed by atoms with Crippen molar-refractivity contribution in [2.24, 2.45) is 5.73 Å². The van der Waals surface area contributed by atoms with Gasteiger partial charge in [-0.15, -0.1) is 0 Å². The highest BCUT2D eigenvalue weighted by Gasteiger charge is 2.16. The summed E-state index contributed by atoms with van der Waals surface area (Å²) in [4.78, 5) is 0.439. The van der Waals surface area contributed by atoms with E-state index in [4.69, 9.17) is 18.0 Å². The third kappa shape index (κ3) is 4.21. The van der Waals surface area contributed by atoms with E-state index in [-0.39, 0.29) is 4.75 Å². The van der Waals surface area contributed by atoms with Gasteiger partial charge in [0.1, 0.15) is 4.99 Å². The van der Waals surface area contributed by atoms with Gasteiger partial charge in [-0.3, -0.25) is 0 Å². The molecule has 17 heavy (non-hydrogen) atoms. The second-order valence-electron chi connectivity index (χ2n) is 4.73. The molecule has 0 bridgehead atoms. The van der Waals surface area contributed by atoms with Gasteiger partial charge in [0.25, 0.3) is 0 Å². The van der Waals surface area contributed by atoms with Crippen molar-refractivity contribution in [2.75, 3.05) is 18.1 Å². The fourth-order valence-electron chi connectivity index (χ4n) is 1.40. The van der Waals surface area contributed by atoms with E-state index < -0.39 is 0 Å². The quantitative estimate of drug-likeness (QED) is 0.804. The summed E-state index contributed by atoms with van der Waals surface area (Å²) in [6.07, 6.45) is 2.12. The molecular formula is C13H20N2S2. The fraction of sp³-hybridized carbons (Fsp3) is 0.462. The summed E-state index contributed by atoms with van der Waals surface area (Å²) in [5.41, 5.74) is 8.87. The number of hydrogen-bond acceptors (Lipinski definition) is 3. The number of anilines is 1. The largest absolute Gasteiger partial charge is 0.389 e. The predicted molar refractivity (Wildman–Crippen MR) is 83.2 cm³/mol. The number of benzene rings is 1. The number of thiocarbonyl (C=S) groups is 1. The summed E-state index contributed by atoms with van der Waals surface area (Å²) in [5.74, 6) is 0. The molecule has 0 aliphatic rings. The molecule has 0 spiro atoms. The Morgan fingerprint density at radius 1 is 1.47 bits per heavy atom. The van der Waals surface area contributed by atoms with Gasteiger partial charge in [0.2, 0.25) is 0 Å². The zero-order valence-electron chi connectivity index (χ0n) is 10.8. The van der Waals surface area contributed by atoms with Crippen molar-refractivity contribution in [1.29, 1.82) is 0 Å². The molecule has 0 unspecified atom stereocenters. The van der Waals surface area contributed by atoms with Crippen LogP contribution in [0.4, 0.5) is 5.69 Å². The Bertz CT molecular complexity index is 414. The SMILES string of the molecule is CSC(C)(C)CNc1cc(C)ccc1C(N)=S. The first-order valence-corrected chi connectivity index (χ1v) is 7.18. The molecule has 0 heterocycles. The number of rotatable bonds is 5. The lowest BCUT2D eigenvalue weighted by Gasteiger charge is -2.24. The molecule has 1 rings (SSSR count). The highest BCUT2D eigenvalue weighted by Crippen LogP contribution is 2.24. The average molecular weight is 268 g/mol. The normalized spacial score (nSPS) is 11.3. The summed E-state index contributed by atoms with van der Waals surface area (Å²) in [6, 6.07) is 6.09.